The van der Waals surface area contributed by atoms with E-state index in [0.29, 0.717) is 17.5 Å². The average molecular weight is 567 g/mol. The van der Waals surface area contributed by atoms with Crippen molar-refractivity contribution >= 4 is 0 Å². The minimum Gasteiger partial charge on any atom is -0.502 e. The summed E-state index contributed by atoms with van der Waals surface area (Å²) in [7, 11) is 5.67. The zero-order valence-electron chi connectivity index (χ0n) is 23.1. The third-order valence-electron chi connectivity index (χ3n) is 7.95. The van der Waals surface area contributed by atoms with Gasteiger partial charge in [-0.05, 0) is 54.5 Å². The first kappa shape index (κ1) is 30.0. The number of aromatic hydroxyl groups is 2. The Bertz CT molecular complexity index is 1160. The van der Waals surface area contributed by atoms with Crippen LogP contribution < -0.4 is 18.9 Å². The van der Waals surface area contributed by atoms with Gasteiger partial charge in [0.05, 0.1) is 41.2 Å². The van der Waals surface area contributed by atoms with E-state index < -0.39 is 42.5 Å². The summed E-state index contributed by atoms with van der Waals surface area (Å²) in [6.07, 6.45) is -5.93. The third-order valence-corrected chi connectivity index (χ3v) is 7.95. The molecule has 6 N–H and O–H groups in total. The van der Waals surface area contributed by atoms with Crippen LogP contribution in [0.25, 0.3) is 0 Å². The maximum atomic E-state index is 11.0. The van der Waals surface area contributed by atoms with Crippen LogP contribution in [0, 0.1) is 11.8 Å². The molecular formula is C28H38O12. The van der Waals surface area contributed by atoms with E-state index >= 15 is 0 Å². The van der Waals surface area contributed by atoms with Crippen molar-refractivity contribution in [3.05, 3.63) is 34.9 Å². The first-order chi connectivity index (χ1) is 19.1. The second kappa shape index (κ2) is 12.2. The summed E-state index contributed by atoms with van der Waals surface area (Å²) in [6.45, 7) is 1.27. The zero-order chi connectivity index (χ0) is 29.3. The van der Waals surface area contributed by atoms with Gasteiger partial charge < -0.3 is 59.1 Å². The number of aliphatic hydroxyl groups is 4. The lowest BCUT2D eigenvalue weighted by atomic mass is 9.66. The van der Waals surface area contributed by atoms with Crippen molar-refractivity contribution in [1.29, 1.82) is 0 Å². The summed E-state index contributed by atoms with van der Waals surface area (Å²) in [5, 5.41) is 62.9. The highest BCUT2D eigenvalue weighted by Crippen LogP contribution is 2.54. The van der Waals surface area contributed by atoms with Crippen molar-refractivity contribution in [2.45, 2.75) is 50.0 Å². The molecule has 1 aliphatic carbocycles. The topological polar surface area (TPSA) is 177 Å². The number of hydrogen-bond donors (Lipinski definition) is 6. The quantitative estimate of drug-likeness (QED) is 0.253. The average Bonchev–Trinajstić information content (AvgIpc) is 2.96. The molecule has 1 fully saturated rings. The smallest absolute Gasteiger partial charge is 0.201 e. The molecule has 12 nitrogen and oxygen atoms in total. The van der Waals surface area contributed by atoms with Crippen LogP contribution in [0.2, 0.25) is 0 Å². The van der Waals surface area contributed by atoms with Crippen LogP contribution in [-0.4, -0.2) is 103 Å². The van der Waals surface area contributed by atoms with Crippen molar-refractivity contribution in [3.63, 3.8) is 0 Å². The van der Waals surface area contributed by atoms with E-state index in [1.54, 1.807) is 25.1 Å². The molecule has 0 spiro atoms. The number of benzene rings is 2. The van der Waals surface area contributed by atoms with Crippen LogP contribution in [-0.2, 0) is 15.9 Å². The molecule has 1 saturated heterocycles. The fourth-order valence-electron chi connectivity index (χ4n) is 5.78. The lowest BCUT2D eigenvalue weighted by Gasteiger charge is -2.43. The molecule has 0 bridgehead atoms. The molecule has 12 heteroatoms. The number of methoxy groups -OCH3 is 4. The van der Waals surface area contributed by atoms with Gasteiger partial charge in [0.1, 0.15) is 18.3 Å². The molecule has 2 aliphatic rings. The lowest BCUT2D eigenvalue weighted by Crippen LogP contribution is -2.57. The predicted octanol–water partition coefficient (Wildman–Crippen LogP) is 0.889. The lowest BCUT2D eigenvalue weighted by molar-refractivity contribution is -0.296. The maximum Gasteiger partial charge on any atom is 0.201 e. The van der Waals surface area contributed by atoms with Crippen molar-refractivity contribution in [1.82, 2.24) is 0 Å². The predicted molar refractivity (Wildman–Crippen MR) is 140 cm³/mol. The number of aliphatic hydroxyl groups excluding tert-OH is 4. The molecular weight excluding hydrogens is 528 g/mol. The van der Waals surface area contributed by atoms with E-state index in [2.05, 4.69) is 0 Å². The summed E-state index contributed by atoms with van der Waals surface area (Å²) in [4.78, 5) is 0. The van der Waals surface area contributed by atoms with E-state index in [1.807, 2.05) is 0 Å². The van der Waals surface area contributed by atoms with Gasteiger partial charge in [-0.25, -0.2) is 0 Å². The van der Waals surface area contributed by atoms with E-state index in [1.165, 1.54) is 28.4 Å². The molecule has 0 radical (unpaired) electrons. The Labute approximate surface area is 232 Å². The fourth-order valence-corrected chi connectivity index (χ4v) is 5.78. The SMILES string of the molecule is COc1cc([C@H]2c3c(cc(OC)c(O)c3OC)C[C@@H](CO)[C@@H]2CO[C@H]2O[C@@H](C)[C@H](O)[C@@H](O)[C@H]2O)cc(OC)c1O. The Morgan fingerprint density at radius 2 is 1.43 bits per heavy atom. The van der Waals surface area contributed by atoms with Gasteiger partial charge in [-0.15, -0.1) is 0 Å². The van der Waals surface area contributed by atoms with Crippen molar-refractivity contribution in [2.24, 2.45) is 11.8 Å². The second-order valence-electron chi connectivity index (χ2n) is 10.1. The number of ether oxygens (including phenoxy) is 6. The monoisotopic (exact) mass is 566 g/mol. The molecule has 0 saturated carbocycles. The van der Waals surface area contributed by atoms with Crippen LogP contribution in [0.3, 0.4) is 0 Å². The molecule has 1 aliphatic heterocycles. The van der Waals surface area contributed by atoms with E-state index in [0.717, 1.165) is 5.56 Å². The van der Waals surface area contributed by atoms with Gasteiger partial charge in [-0.1, -0.05) is 0 Å². The highest BCUT2D eigenvalue weighted by molar-refractivity contribution is 5.64. The maximum absolute atomic E-state index is 11.0. The molecule has 8 atom stereocenters. The van der Waals surface area contributed by atoms with Gasteiger partial charge in [0.15, 0.2) is 29.3 Å². The Hall–Kier alpha value is -3.00. The number of fused-ring (bicyclic) bond motifs is 1. The molecule has 0 amide bonds. The van der Waals surface area contributed by atoms with Crippen molar-refractivity contribution < 1.29 is 59.1 Å². The summed E-state index contributed by atoms with van der Waals surface area (Å²) in [6, 6.07) is 4.96. The van der Waals surface area contributed by atoms with Gasteiger partial charge in [-0.2, -0.15) is 0 Å². The van der Waals surface area contributed by atoms with E-state index in [4.69, 9.17) is 28.4 Å². The van der Waals surface area contributed by atoms with E-state index in [9.17, 15) is 30.6 Å². The summed E-state index contributed by atoms with van der Waals surface area (Å²) < 4.78 is 33.5. The van der Waals surface area contributed by atoms with E-state index in [-0.39, 0.29) is 53.6 Å². The van der Waals surface area contributed by atoms with Crippen molar-refractivity contribution in [2.75, 3.05) is 41.7 Å². The molecule has 0 aromatic heterocycles. The summed E-state index contributed by atoms with van der Waals surface area (Å²) in [5.74, 6) is -1.19. The fraction of sp³-hybridized carbons (Fsp3) is 0.571. The van der Waals surface area contributed by atoms with Crippen LogP contribution >= 0.6 is 0 Å². The van der Waals surface area contributed by atoms with Gasteiger partial charge in [0.25, 0.3) is 0 Å². The van der Waals surface area contributed by atoms with Crippen LogP contribution in [0.15, 0.2) is 18.2 Å². The minimum atomic E-state index is -1.51. The summed E-state index contributed by atoms with van der Waals surface area (Å²) >= 11 is 0. The Morgan fingerprint density at radius 3 is 1.98 bits per heavy atom. The molecule has 2 aromatic carbocycles. The second-order valence-corrected chi connectivity index (χ2v) is 10.1. The highest BCUT2D eigenvalue weighted by Gasteiger charge is 2.45. The van der Waals surface area contributed by atoms with Gasteiger partial charge >= 0.3 is 0 Å². The normalized spacial score (nSPS) is 29.9. The highest BCUT2D eigenvalue weighted by atomic mass is 16.7. The van der Waals surface area contributed by atoms with Crippen LogP contribution in [0.1, 0.15) is 29.5 Å². The number of hydrogen-bond acceptors (Lipinski definition) is 12. The Balaban J connectivity index is 1.86. The number of rotatable bonds is 9. The van der Waals surface area contributed by atoms with Gasteiger partial charge in [0.2, 0.25) is 11.5 Å². The standard InChI is InChI=1S/C28H38O12/c1-12-22(30)25(33)26(34)28(40-12)39-11-16-15(10-29)6-13-7-19(37-4)24(32)27(38-5)21(13)20(16)14-8-17(35-2)23(31)18(9-14)36-3/h7-9,12,15-16,20,22,25-26,28-34H,6,10-11H2,1-5H3/t12-,15-,16-,20+,22-,25+,26+,28-/m0/s1. The molecule has 222 valence electrons. The van der Waals surface area contributed by atoms with Crippen LogP contribution in [0.4, 0.5) is 0 Å². The molecule has 4 rings (SSSR count). The molecule has 0 unspecified atom stereocenters. The molecule has 1 heterocycles. The minimum absolute atomic E-state index is 0.0615. The van der Waals surface area contributed by atoms with Crippen LogP contribution in [0.5, 0.6) is 34.5 Å². The van der Waals surface area contributed by atoms with Gasteiger partial charge in [0, 0.05) is 18.1 Å². The first-order valence-corrected chi connectivity index (χ1v) is 12.9. The van der Waals surface area contributed by atoms with Crippen molar-refractivity contribution in [3.8, 4) is 34.5 Å². The zero-order valence-corrected chi connectivity index (χ0v) is 23.1. The first-order valence-electron chi connectivity index (χ1n) is 12.9. The summed E-state index contributed by atoms with van der Waals surface area (Å²) in [5.41, 5.74) is 1.98. The van der Waals surface area contributed by atoms with Gasteiger partial charge in [-0.3, -0.25) is 0 Å². The Kier molecular flexibility index (Phi) is 9.18. The molecule has 40 heavy (non-hydrogen) atoms. The third kappa shape index (κ3) is 5.22. The Morgan fingerprint density at radius 1 is 0.825 bits per heavy atom. The largest absolute Gasteiger partial charge is 0.502 e. The number of phenolic OH excluding ortho intramolecular Hbond substituents is 2. The molecule has 2 aromatic rings. The number of phenols is 2.